The van der Waals surface area contributed by atoms with Gasteiger partial charge in [-0.2, -0.15) is 5.10 Å². The number of hydrogen-bond donors (Lipinski definition) is 0. The molecule has 5 heteroatoms. The highest BCUT2D eigenvalue weighted by atomic mass is 16.1. The maximum atomic E-state index is 12.4. The summed E-state index contributed by atoms with van der Waals surface area (Å²) >= 11 is 0. The molecule has 1 aromatic carbocycles. The Balaban J connectivity index is 2.03. The van der Waals surface area contributed by atoms with Gasteiger partial charge in [0.2, 0.25) is 0 Å². The fourth-order valence-electron chi connectivity index (χ4n) is 2.43. The topological polar surface area (TPSA) is 44.8 Å². The first kappa shape index (κ1) is 11.8. The van der Waals surface area contributed by atoms with E-state index in [1.54, 1.807) is 10.8 Å². The maximum Gasteiger partial charge on any atom is 0.329 e. The van der Waals surface area contributed by atoms with Crippen molar-refractivity contribution in [3.05, 3.63) is 53.2 Å². The number of fused-ring (bicyclic) bond motifs is 1. The minimum Gasteiger partial charge on any atom is -0.292 e. The average Bonchev–Trinajstić information content (AvgIpc) is 3.02. The van der Waals surface area contributed by atoms with Crippen LogP contribution in [0.2, 0.25) is 0 Å². The zero-order valence-electron chi connectivity index (χ0n) is 10.9. The van der Waals surface area contributed by atoms with Crippen LogP contribution in [0.3, 0.4) is 0 Å². The Hall–Kier alpha value is -2.30. The summed E-state index contributed by atoms with van der Waals surface area (Å²) in [6.45, 7) is 4.01. The Labute approximate surface area is 110 Å². The predicted octanol–water partition coefficient (Wildman–Crippen LogP) is 1.72. The van der Waals surface area contributed by atoms with Crippen molar-refractivity contribution in [3.63, 3.8) is 0 Å². The third kappa shape index (κ3) is 1.97. The third-order valence-corrected chi connectivity index (χ3v) is 3.35. The van der Waals surface area contributed by atoms with E-state index in [-0.39, 0.29) is 5.69 Å². The monoisotopic (exact) mass is 256 g/mol. The number of nitrogens with zero attached hydrogens (tertiary/aromatic N) is 4. The molecule has 0 N–H and O–H groups in total. The second kappa shape index (κ2) is 4.76. The summed E-state index contributed by atoms with van der Waals surface area (Å²) < 4.78 is 5.46. The largest absolute Gasteiger partial charge is 0.329 e. The maximum absolute atomic E-state index is 12.4. The lowest BCUT2D eigenvalue weighted by atomic mass is 10.3. The SMILES string of the molecule is CCn1c(=O)n(CCn2cccn2)c2ccccc21. The highest BCUT2D eigenvalue weighted by Gasteiger charge is 2.10. The molecule has 3 aromatic rings. The van der Waals surface area contributed by atoms with E-state index in [9.17, 15) is 4.79 Å². The zero-order valence-corrected chi connectivity index (χ0v) is 10.9. The molecule has 2 aromatic heterocycles. The molecule has 98 valence electrons. The summed E-state index contributed by atoms with van der Waals surface area (Å²) in [7, 11) is 0. The molecule has 0 bridgehead atoms. The molecule has 0 unspecified atom stereocenters. The summed E-state index contributed by atoms with van der Waals surface area (Å²) in [5, 5.41) is 4.16. The van der Waals surface area contributed by atoms with Crippen LogP contribution in [0.1, 0.15) is 6.92 Å². The smallest absolute Gasteiger partial charge is 0.292 e. The molecule has 0 amide bonds. The summed E-state index contributed by atoms with van der Waals surface area (Å²) in [5.74, 6) is 0. The van der Waals surface area contributed by atoms with E-state index in [4.69, 9.17) is 0 Å². The number of hydrogen-bond acceptors (Lipinski definition) is 2. The number of aryl methyl sites for hydroxylation is 3. The van der Waals surface area contributed by atoms with Gasteiger partial charge in [-0.15, -0.1) is 0 Å². The minimum absolute atomic E-state index is 0.0517. The number of rotatable bonds is 4. The van der Waals surface area contributed by atoms with Gasteiger partial charge in [0.05, 0.1) is 17.6 Å². The van der Waals surface area contributed by atoms with Gasteiger partial charge in [0.1, 0.15) is 0 Å². The van der Waals surface area contributed by atoms with Gasteiger partial charge in [0.15, 0.2) is 0 Å². The number of aromatic nitrogens is 4. The first-order chi connectivity index (χ1) is 9.31. The average molecular weight is 256 g/mol. The Morgan fingerprint density at radius 3 is 2.42 bits per heavy atom. The molecule has 0 aliphatic rings. The second-order valence-electron chi connectivity index (χ2n) is 4.44. The van der Waals surface area contributed by atoms with Crippen LogP contribution in [0, 0.1) is 0 Å². The van der Waals surface area contributed by atoms with E-state index < -0.39 is 0 Å². The van der Waals surface area contributed by atoms with Gasteiger partial charge in [-0.05, 0) is 25.1 Å². The number of para-hydroxylation sites is 2. The van der Waals surface area contributed by atoms with Crippen LogP contribution in [0.5, 0.6) is 0 Å². The van der Waals surface area contributed by atoms with Gasteiger partial charge in [-0.25, -0.2) is 4.79 Å². The van der Waals surface area contributed by atoms with Gasteiger partial charge >= 0.3 is 5.69 Å². The lowest BCUT2D eigenvalue weighted by molar-refractivity contribution is 0.524. The van der Waals surface area contributed by atoms with Crippen LogP contribution < -0.4 is 5.69 Å². The lowest BCUT2D eigenvalue weighted by Crippen LogP contribution is -2.25. The van der Waals surface area contributed by atoms with Crippen LogP contribution in [-0.2, 0) is 19.6 Å². The van der Waals surface area contributed by atoms with Crippen molar-refractivity contribution in [3.8, 4) is 0 Å². The third-order valence-electron chi connectivity index (χ3n) is 3.35. The molecule has 0 aliphatic heterocycles. The number of benzene rings is 1. The van der Waals surface area contributed by atoms with Crippen LogP contribution in [0.4, 0.5) is 0 Å². The van der Waals surface area contributed by atoms with E-state index in [0.29, 0.717) is 19.6 Å². The van der Waals surface area contributed by atoms with Crippen LogP contribution >= 0.6 is 0 Å². The van der Waals surface area contributed by atoms with Gasteiger partial charge in [0, 0.05) is 25.5 Å². The van der Waals surface area contributed by atoms with Gasteiger partial charge in [0.25, 0.3) is 0 Å². The Morgan fingerprint density at radius 1 is 1.05 bits per heavy atom. The van der Waals surface area contributed by atoms with Crippen molar-refractivity contribution in [2.45, 2.75) is 26.6 Å². The molecule has 0 saturated carbocycles. The molecule has 3 rings (SSSR count). The molecular formula is C14H16N4O. The molecule has 2 heterocycles. The highest BCUT2D eigenvalue weighted by molar-refractivity contribution is 5.75. The molecule has 0 saturated heterocycles. The fraction of sp³-hybridized carbons (Fsp3) is 0.286. The van der Waals surface area contributed by atoms with Crippen molar-refractivity contribution in [1.29, 1.82) is 0 Å². The van der Waals surface area contributed by atoms with Crippen LogP contribution in [0.25, 0.3) is 11.0 Å². The van der Waals surface area contributed by atoms with Crippen molar-refractivity contribution in [2.24, 2.45) is 0 Å². The second-order valence-corrected chi connectivity index (χ2v) is 4.44. The standard InChI is InChI=1S/C14H16N4O/c1-2-17-12-6-3-4-7-13(12)18(14(17)19)11-10-16-9-5-8-15-16/h3-9H,2,10-11H2,1H3. The fourth-order valence-corrected chi connectivity index (χ4v) is 2.43. The normalized spacial score (nSPS) is 11.2. The minimum atomic E-state index is 0.0517. The first-order valence-corrected chi connectivity index (χ1v) is 6.46. The number of imidazole rings is 1. The molecule has 0 fully saturated rings. The van der Waals surface area contributed by atoms with Crippen molar-refractivity contribution in [1.82, 2.24) is 18.9 Å². The van der Waals surface area contributed by atoms with E-state index in [0.717, 1.165) is 11.0 Å². The van der Waals surface area contributed by atoms with Crippen LogP contribution in [0.15, 0.2) is 47.5 Å². The van der Waals surface area contributed by atoms with E-state index in [1.165, 1.54) is 0 Å². The predicted molar refractivity (Wildman–Crippen MR) is 74.1 cm³/mol. The zero-order chi connectivity index (χ0) is 13.2. The summed E-state index contributed by atoms with van der Waals surface area (Å²) in [4.78, 5) is 12.4. The van der Waals surface area contributed by atoms with Crippen molar-refractivity contribution in [2.75, 3.05) is 0 Å². The van der Waals surface area contributed by atoms with Crippen molar-refractivity contribution < 1.29 is 0 Å². The molecule has 19 heavy (non-hydrogen) atoms. The Kier molecular flexibility index (Phi) is 2.95. The quantitative estimate of drug-likeness (QED) is 0.713. The van der Waals surface area contributed by atoms with E-state index >= 15 is 0 Å². The van der Waals surface area contributed by atoms with Gasteiger partial charge < -0.3 is 0 Å². The Bertz CT molecular complexity index is 736. The summed E-state index contributed by atoms with van der Waals surface area (Å²) in [5.41, 5.74) is 2.04. The summed E-state index contributed by atoms with van der Waals surface area (Å²) in [6, 6.07) is 9.80. The van der Waals surface area contributed by atoms with E-state index in [1.807, 2.05) is 52.7 Å². The first-order valence-electron chi connectivity index (χ1n) is 6.46. The molecule has 5 nitrogen and oxygen atoms in total. The molecule has 0 spiro atoms. The molecule has 0 atom stereocenters. The van der Waals surface area contributed by atoms with E-state index in [2.05, 4.69) is 5.10 Å². The van der Waals surface area contributed by atoms with Gasteiger partial charge in [-0.3, -0.25) is 13.8 Å². The van der Waals surface area contributed by atoms with Crippen molar-refractivity contribution >= 4 is 11.0 Å². The lowest BCUT2D eigenvalue weighted by Gasteiger charge is -2.03. The van der Waals surface area contributed by atoms with Crippen LogP contribution in [-0.4, -0.2) is 18.9 Å². The summed E-state index contributed by atoms with van der Waals surface area (Å²) in [6.07, 6.45) is 3.65. The Morgan fingerprint density at radius 2 is 1.79 bits per heavy atom. The molecular weight excluding hydrogens is 240 g/mol. The molecule has 0 radical (unpaired) electrons. The molecule has 0 aliphatic carbocycles. The van der Waals surface area contributed by atoms with Gasteiger partial charge in [-0.1, -0.05) is 12.1 Å². The highest BCUT2D eigenvalue weighted by Crippen LogP contribution is 2.12.